The average molecular weight is 462 g/mol. The number of carbonyl (C=O) groups is 3. The van der Waals surface area contributed by atoms with Crippen LogP contribution in [0.1, 0.15) is 46.8 Å². The zero-order valence-electron chi connectivity index (χ0n) is 17.0. The number of hydrogen-bond acceptors (Lipinski definition) is 6. The van der Waals surface area contributed by atoms with Gasteiger partial charge in [0.2, 0.25) is 0 Å². The van der Waals surface area contributed by atoms with Crippen LogP contribution >= 0.6 is 23.2 Å². The van der Waals surface area contributed by atoms with Gasteiger partial charge >= 0.3 is 16.5 Å². The first-order valence-electron chi connectivity index (χ1n) is 9.01. The summed E-state index contributed by atoms with van der Waals surface area (Å²) in [7, 11) is 2.75. The molecule has 1 aliphatic rings. The number of fused-ring (bicyclic) bond motifs is 1. The Morgan fingerprint density at radius 3 is 2.53 bits per heavy atom. The molecule has 0 spiro atoms. The molecule has 0 aromatic heterocycles. The zero-order valence-corrected chi connectivity index (χ0v) is 18.5. The van der Waals surface area contributed by atoms with Crippen LogP contribution in [0.25, 0.3) is 0 Å². The summed E-state index contributed by atoms with van der Waals surface area (Å²) in [6.45, 7) is 3.58. The van der Waals surface area contributed by atoms with Crippen molar-refractivity contribution in [3.05, 3.63) is 33.9 Å². The highest BCUT2D eigenvalue weighted by Gasteiger charge is 2.38. The van der Waals surface area contributed by atoms with Crippen LogP contribution in [-0.4, -0.2) is 36.7 Å². The molecule has 1 amide bonds. The summed E-state index contributed by atoms with van der Waals surface area (Å²) < 4.78 is 25.8. The highest BCUT2D eigenvalue weighted by Crippen LogP contribution is 2.42. The van der Waals surface area contributed by atoms with Gasteiger partial charge in [-0.3, -0.25) is 9.59 Å². The van der Waals surface area contributed by atoms with Crippen molar-refractivity contribution in [2.24, 2.45) is 0 Å². The number of methoxy groups -OCH3 is 2. The number of ether oxygens (including phenoxy) is 3. The fraction of sp³-hybridized carbons (Fsp3) is 0.450. The number of benzene rings is 1. The molecule has 1 heterocycles. The molecular weight excluding hydrogens is 440 g/mol. The first-order valence-corrected chi connectivity index (χ1v) is 9.76. The Morgan fingerprint density at radius 1 is 1.30 bits per heavy atom. The molecule has 30 heavy (non-hydrogen) atoms. The maximum Gasteiger partial charge on any atom is 0.341 e. The molecule has 1 N–H and O–H groups in total. The van der Waals surface area contributed by atoms with Crippen LogP contribution in [0.2, 0.25) is 0 Å². The predicted octanol–water partition coefficient (Wildman–Crippen LogP) is 4.16. The molecule has 10 heteroatoms. The van der Waals surface area contributed by atoms with Crippen LogP contribution in [0.15, 0.2) is 11.6 Å². The van der Waals surface area contributed by atoms with Crippen LogP contribution < -0.4 is 10.1 Å². The van der Waals surface area contributed by atoms with Crippen LogP contribution in [0, 0.1) is 6.92 Å². The van der Waals surface area contributed by atoms with Crippen molar-refractivity contribution >= 4 is 46.7 Å². The highest BCUT2D eigenvalue weighted by molar-refractivity contribution is 6.57. The van der Waals surface area contributed by atoms with Crippen molar-refractivity contribution in [2.75, 3.05) is 19.5 Å². The summed E-state index contributed by atoms with van der Waals surface area (Å²) in [5.41, 5.74) is 2.62. The van der Waals surface area contributed by atoms with E-state index < -0.39 is 16.5 Å². The molecule has 0 atom stereocenters. The van der Waals surface area contributed by atoms with Gasteiger partial charge in [0.05, 0.1) is 25.5 Å². The van der Waals surface area contributed by atoms with Gasteiger partial charge in [-0.25, -0.2) is 4.79 Å². The van der Waals surface area contributed by atoms with E-state index in [1.54, 1.807) is 6.92 Å². The number of anilines is 1. The third-order valence-electron chi connectivity index (χ3n) is 4.78. The molecule has 0 radical (unpaired) electrons. The first kappa shape index (κ1) is 24.0. The van der Waals surface area contributed by atoms with Crippen LogP contribution in [-0.2, 0) is 32.1 Å². The summed E-state index contributed by atoms with van der Waals surface area (Å²) in [6.07, 6.45) is 2.70. The van der Waals surface area contributed by atoms with E-state index in [-0.39, 0.29) is 36.7 Å². The molecule has 7 nitrogen and oxygen atoms in total. The number of hydrogen-bond donors (Lipinski definition) is 1. The Kier molecular flexibility index (Phi) is 7.71. The molecular formula is C20H22Cl2FNO6. The van der Waals surface area contributed by atoms with Crippen molar-refractivity contribution in [3.8, 4) is 5.75 Å². The minimum atomic E-state index is -3.20. The SMILES string of the molecule is COC(=O)CCC(C)=CCc1c(NC(=O)C(F)(Cl)Cl)c2c(c(C)c1OC)COC2=O. The number of carbonyl (C=O) groups excluding carboxylic acids is 3. The van der Waals surface area contributed by atoms with Gasteiger partial charge in [-0.05, 0) is 32.3 Å². The predicted molar refractivity (Wildman–Crippen MR) is 110 cm³/mol. The summed E-state index contributed by atoms with van der Waals surface area (Å²) >= 11 is 10.5. The normalized spacial score (nSPS) is 13.6. The van der Waals surface area contributed by atoms with Gasteiger partial charge < -0.3 is 19.5 Å². The molecule has 1 aromatic rings. The second kappa shape index (κ2) is 9.66. The molecule has 164 valence electrons. The third-order valence-corrected chi connectivity index (χ3v) is 5.12. The summed E-state index contributed by atoms with van der Waals surface area (Å²) in [5, 5.41) is 2.30. The standard InChI is InChI=1S/C20H22Cl2FNO6/c1-10(6-8-14(25)28-3)5-7-12-16(24-19(27)20(21,22)23)15-13(9-30-18(15)26)11(2)17(12)29-4/h5H,6-9H2,1-4H3,(H,24,27). The van der Waals surface area contributed by atoms with Crippen molar-refractivity contribution in [1.82, 2.24) is 0 Å². The Labute approximate surface area is 183 Å². The minimum absolute atomic E-state index is 0.00394. The number of alkyl halides is 3. The molecule has 1 aliphatic heterocycles. The Balaban J connectivity index is 2.52. The van der Waals surface area contributed by atoms with Crippen LogP contribution in [0.5, 0.6) is 5.75 Å². The van der Waals surface area contributed by atoms with Gasteiger partial charge in [-0.1, -0.05) is 34.9 Å². The van der Waals surface area contributed by atoms with E-state index in [1.807, 2.05) is 13.0 Å². The number of cyclic esters (lactones) is 1. The number of halogens is 3. The maximum atomic E-state index is 13.7. The fourth-order valence-corrected chi connectivity index (χ4v) is 3.25. The molecule has 0 unspecified atom stereocenters. The van der Waals surface area contributed by atoms with E-state index in [4.69, 9.17) is 32.7 Å². The number of rotatable bonds is 8. The summed E-state index contributed by atoms with van der Waals surface area (Å²) in [4.78, 5) is 35.8. The Bertz CT molecular complexity index is 908. The smallest absolute Gasteiger partial charge is 0.341 e. The van der Waals surface area contributed by atoms with E-state index in [0.717, 1.165) is 5.57 Å². The van der Waals surface area contributed by atoms with Gasteiger partial charge in [0.25, 0.3) is 5.91 Å². The number of amides is 1. The van der Waals surface area contributed by atoms with E-state index in [1.165, 1.54) is 14.2 Å². The first-order chi connectivity index (χ1) is 14.0. The molecule has 1 aromatic carbocycles. The van der Waals surface area contributed by atoms with Crippen molar-refractivity contribution in [1.29, 1.82) is 0 Å². The molecule has 0 bridgehead atoms. The lowest BCUT2D eigenvalue weighted by atomic mass is 9.93. The van der Waals surface area contributed by atoms with Crippen molar-refractivity contribution in [3.63, 3.8) is 0 Å². The average Bonchev–Trinajstić information content (AvgIpc) is 3.07. The van der Waals surface area contributed by atoms with Crippen LogP contribution in [0.3, 0.4) is 0 Å². The zero-order chi connectivity index (χ0) is 22.6. The Morgan fingerprint density at radius 2 is 1.97 bits per heavy atom. The number of esters is 2. The minimum Gasteiger partial charge on any atom is -0.496 e. The second-order valence-corrected chi connectivity index (χ2v) is 7.96. The Hall–Kier alpha value is -2.32. The second-order valence-electron chi connectivity index (χ2n) is 6.72. The molecule has 0 fully saturated rings. The number of allylic oxidation sites excluding steroid dienone is 2. The monoisotopic (exact) mass is 461 g/mol. The summed E-state index contributed by atoms with van der Waals surface area (Å²) in [5.74, 6) is -1.93. The molecule has 0 aliphatic carbocycles. The third kappa shape index (κ3) is 5.23. The topological polar surface area (TPSA) is 90.9 Å². The van der Waals surface area contributed by atoms with Crippen molar-refractivity contribution < 1.29 is 33.0 Å². The lowest BCUT2D eigenvalue weighted by Crippen LogP contribution is -2.29. The highest BCUT2D eigenvalue weighted by atomic mass is 35.5. The maximum absolute atomic E-state index is 13.7. The molecule has 0 saturated carbocycles. The lowest BCUT2D eigenvalue weighted by Gasteiger charge is -2.20. The molecule has 0 saturated heterocycles. The van der Waals surface area contributed by atoms with E-state index in [9.17, 15) is 18.8 Å². The van der Waals surface area contributed by atoms with Gasteiger partial charge in [0.1, 0.15) is 12.4 Å². The quantitative estimate of drug-likeness (QED) is 0.355. The van der Waals surface area contributed by atoms with Gasteiger partial charge in [-0.2, -0.15) is 4.39 Å². The van der Waals surface area contributed by atoms with Crippen molar-refractivity contribution in [2.45, 2.75) is 44.3 Å². The van der Waals surface area contributed by atoms with Gasteiger partial charge in [-0.15, -0.1) is 0 Å². The van der Waals surface area contributed by atoms with E-state index >= 15 is 0 Å². The lowest BCUT2D eigenvalue weighted by molar-refractivity contribution is -0.140. The van der Waals surface area contributed by atoms with Crippen LogP contribution in [0.4, 0.5) is 10.1 Å². The fourth-order valence-electron chi connectivity index (χ4n) is 3.15. The largest absolute Gasteiger partial charge is 0.496 e. The van der Waals surface area contributed by atoms with Gasteiger partial charge in [0.15, 0.2) is 0 Å². The summed E-state index contributed by atoms with van der Waals surface area (Å²) in [6, 6.07) is 0. The number of nitrogens with one attached hydrogen (secondary N) is 1. The van der Waals surface area contributed by atoms with Gasteiger partial charge in [0, 0.05) is 17.5 Å². The van der Waals surface area contributed by atoms with E-state index in [2.05, 4.69) is 10.1 Å². The van der Waals surface area contributed by atoms with E-state index in [0.29, 0.717) is 28.9 Å². The molecule has 2 rings (SSSR count).